The molecule has 0 atom stereocenters. The maximum Gasteiger partial charge on any atom is 0.275 e. The Bertz CT molecular complexity index is 545. The largest absolute Gasteiger partial charge is 0.311 e. The Kier molecular flexibility index (Phi) is 5.06. The maximum absolute atomic E-state index is 10.9. The zero-order valence-corrected chi connectivity index (χ0v) is 11.3. The molecule has 0 bridgehead atoms. The van der Waals surface area contributed by atoms with Crippen molar-refractivity contribution >= 4 is 27.1 Å². The summed E-state index contributed by atoms with van der Waals surface area (Å²) in [5.74, 6) is -0.0226. The van der Waals surface area contributed by atoms with Gasteiger partial charge in [0.15, 0.2) is 0 Å². The minimum absolute atomic E-state index is 0.0226. The van der Waals surface area contributed by atoms with Crippen LogP contribution in [0.25, 0.3) is 0 Å². The second-order valence-corrected chi connectivity index (χ2v) is 6.47. The molecular formula is C10H13ClN2O4S. The molecule has 0 spiro atoms. The van der Waals surface area contributed by atoms with Crippen LogP contribution < -0.4 is 5.32 Å². The predicted molar refractivity (Wildman–Crippen MR) is 69.5 cm³/mol. The number of nitro groups is 1. The van der Waals surface area contributed by atoms with Gasteiger partial charge >= 0.3 is 0 Å². The molecule has 1 aromatic carbocycles. The molecule has 0 heterocycles. The number of benzene rings is 1. The van der Waals surface area contributed by atoms with Gasteiger partial charge in [0, 0.05) is 25.4 Å². The Balaban J connectivity index is 2.70. The lowest BCUT2D eigenvalue weighted by Gasteiger charge is -2.06. The van der Waals surface area contributed by atoms with Crippen molar-refractivity contribution in [1.82, 2.24) is 5.32 Å². The fourth-order valence-corrected chi connectivity index (χ4v) is 2.12. The highest BCUT2D eigenvalue weighted by Crippen LogP contribution is 2.25. The van der Waals surface area contributed by atoms with Gasteiger partial charge in [-0.15, -0.1) is 0 Å². The van der Waals surface area contributed by atoms with Crippen LogP contribution in [0.2, 0.25) is 5.02 Å². The maximum atomic E-state index is 10.9. The van der Waals surface area contributed by atoms with Crippen molar-refractivity contribution in [1.29, 1.82) is 0 Å². The number of nitro benzene ring substituents is 1. The highest BCUT2D eigenvalue weighted by atomic mass is 35.5. The van der Waals surface area contributed by atoms with Gasteiger partial charge in [-0.2, -0.15) is 0 Å². The molecule has 0 aliphatic carbocycles. The summed E-state index contributed by atoms with van der Waals surface area (Å²) < 4.78 is 21.8. The van der Waals surface area contributed by atoms with Gasteiger partial charge in [-0.05, 0) is 6.07 Å². The van der Waals surface area contributed by atoms with Gasteiger partial charge in [-0.3, -0.25) is 10.1 Å². The molecule has 0 aromatic heterocycles. The van der Waals surface area contributed by atoms with E-state index < -0.39 is 14.8 Å². The third kappa shape index (κ3) is 4.59. The molecule has 8 heteroatoms. The summed E-state index contributed by atoms with van der Waals surface area (Å²) in [6.45, 7) is 0.382. The predicted octanol–water partition coefficient (Wildman–Crippen LogP) is 1.38. The van der Waals surface area contributed by atoms with E-state index in [2.05, 4.69) is 5.32 Å². The molecular weight excluding hydrogens is 280 g/mol. The monoisotopic (exact) mass is 292 g/mol. The molecule has 0 radical (unpaired) electrons. The van der Waals surface area contributed by atoms with Crippen LogP contribution in [0.15, 0.2) is 18.2 Å². The second kappa shape index (κ2) is 6.12. The van der Waals surface area contributed by atoms with E-state index in [0.717, 1.165) is 6.26 Å². The summed E-state index contributed by atoms with van der Waals surface area (Å²) in [5, 5.41) is 13.9. The zero-order chi connectivity index (χ0) is 13.8. The molecule has 0 fully saturated rings. The van der Waals surface area contributed by atoms with Crippen LogP contribution in [0.1, 0.15) is 5.56 Å². The van der Waals surface area contributed by atoms with Crippen LogP contribution >= 0.6 is 11.6 Å². The van der Waals surface area contributed by atoms with Crippen LogP contribution in [-0.2, 0) is 16.4 Å². The number of hydrogen-bond donors (Lipinski definition) is 1. The first-order chi connectivity index (χ1) is 8.31. The minimum Gasteiger partial charge on any atom is -0.311 e. The molecule has 1 N–H and O–H groups in total. The van der Waals surface area contributed by atoms with E-state index in [9.17, 15) is 18.5 Å². The average Bonchev–Trinajstić information content (AvgIpc) is 2.24. The van der Waals surface area contributed by atoms with Crippen molar-refractivity contribution < 1.29 is 13.3 Å². The van der Waals surface area contributed by atoms with Crippen LogP contribution in [-0.4, -0.2) is 31.9 Å². The van der Waals surface area contributed by atoms with Gasteiger partial charge in [0.1, 0.15) is 9.84 Å². The molecule has 0 saturated carbocycles. The van der Waals surface area contributed by atoms with Crippen molar-refractivity contribution in [2.24, 2.45) is 0 Å². The minimum atomic E-state index is -3.04. The lowest BCUT2D eigenvalue weighted by atomic mass is 10.2. The summed E-state index contributed by atoms with van der Waals surface area (Å²) in [5.41, 5.74) is 0.284. The van der Waals surface area contributed by atoms with E-state index >= 15 is 0 Å². The fourth-order valence-electron chi connectivity index (χ4n) is 1.36. The lowest BCUT2D eigenvalue weighted by molar-refractivity contribution is -0.385. The molecule has 1 rings (SSSR count). The molecule has 1 aromatic rings. The zero-order valence-electron chi connectivity index (χ0n) is 9.72. The molecule has 0 saturated heterocycles. The Labute approximate surface area is 110 Å². The molecule has 0 aliphatic rings. The Morgan fingerprint density at radius 1 is 1.44 bits per heavy atom. The van der Waals surface area contributed by atoms with Gasteiger partial charge in [0.25, 0.3) is 5.69 Å². The number of halogens is 1. The highest BCUT2D eigenvalue weighted by Gasteiger charge is 2.15. The first-order valence-corrected chi connectivity index (χ1v) is 7.55. The van der Waals surface area contributed by atoms with Crippen molar-refractivity contribution in [2.45, 2.75) is 6.54 Å². The third-order valence-electron chi connectivity index (χ3n) is 2.24. The van der Waals surface area contributed by atoms with Crippen molar-refractivity contribution in [3.05, 3.63) is 38.9 Å². The lowest BCUT2D eigenvalue weighted by Crippen LogP contribution is -2.22. The van der Waals surface area contributed by atoms with Crippen molar-refractivity contribution in [3.63, 3.8) is 0 Å². The van der Waals surface area contributed by atoms with E-state index in [4.69, 9.17) is 11.6 Å². The number of nitrogens with zero attached hydrogens (tertiary/aromatic N) is 1. The summed E-state index contributed by atoms with van der Waals surface area (Å²) in [6, 6.07) is 4.42. The van der Waals surface area contributed by atoms with Crippen molar-refractivity contribution in [2.75, 3.05) is 18.6 Å². The first kappa shape index (κ1) is 14.9. The fraction of sp³-hybridized carbons (Fsp3) is 0.400. The Hall–Kier alpha value is -1.18. The van der Waals surface area contributed by atoms with Crippen molar-refractivity contribution in [3.8, 4) is 0 Å². The van der Waals surface area contributed by atoms with Crippen LogP contribution in [0, 0.1) is 10.1 Å². The molecule has 18 heavy (non-hydrogen) atoms. The van der Waals surface area contributed by atoms with Gasteiger partial charge in [-0.25, -0.2) is 8.42 Å². The number of sulfone groups is 1. The van der Waals surface area contributed by atoms with Crippen LogP contribution in [0.3, 0.4) is 0 Å². The highest BCUT2D eigenvalue weighted by molar-refractivity contribution is 7.90. The Morgan fingerprint density at radius 2 is 2.11 bits per heavy atom. The number of nitrogens with one attached hydrogen (secondary N) is 1. The normalized spacial score (nSPS) is 11.4. The van der Waals surface area contributed by atoms with Gasteiger partial charge in [0.05, 0.1) is 21.3 Å². The van der Waals surface area contributed by atoms with Crippen LogP contribution in [0.5, 0.6) is 0 Å². The van der Waals surface area contributed by atoms with E-state index in [-0.39, 0.29) is 29.6 Å². The topological polar surface area (TPSA) is 89.3 Å². The number of hydrogen-bond acceptors (Lipinski definition) is 5. The van der Waals surface area contributed by atoms with E-state index in [1.165, 1.54) is 12.1 Å². The molecule has 0 aliphatic heterocycles. The molecule has 100 valence electrons. The molecule has 0 unspecified atom stereocenters. The summed E-state index contributed by atoms with van der Waals surface area (Å²) in [6.07, 6.45) is 1.13. The quantitative estimate of drug-likeness (QED) is 0.486. The van der Waals surface area contributed by atoms with E-state index in [1.54, 1.807) is 6.07 Å². The standard InChI is InChI=1S/C10H13ClN2O4S/c1-18(16,17)6-5-12-7-8-9(11)3-2-4-10(8)13(14)15/h2-4,12H,5-7H2,1H3. The summed E-state index contributed by atoms with van der Waals surface area (Å²) in [7, 11) is -3.04. The smallest absolute Gasteiger partial charge is 0.275 e. The SMILES string of the molecule is CS(=O)(=O)CCNCc1c(Cl)cccc1[N+](=O)[O-]. The van der Waals surface area contributed by atoms with E-state index in [1.807, 2.05) is 0 Å². The van der Waals surface area contributed by atoms with Gasteiger partial charge in [0.2, 0.25) is 0 Å². The summed E-state index contributed by atoms with van der Waals surface area (Å²) in [4.78, 5) is 10.3. The van der Waals surface area contributed by atoms with Gasteiger partial charge < -0.3 is 5.32 Å². The second-order valence-electron chi connectivity index (χ2n) is 3.80. The molecule has 6 nitrogen and oxygen atoms in total. The summed E-state index contributed by atoms with van der Waals surface area (Å²) >= 11 is 5.88. The number of rotatable bonds is 6. The third-order valence-corrected chi connectivity index (χ3v) is 3.54. The first-order valence-electron chi connectivity index (χ1n) is 5.11. The van der Waals surface area contributed by atoms with Gasteiger partial charge in [-0.1, -0.05) is 17.7 Å². The Morgan fingerprint density at radius 3 is 2.67 bits per heavy atom. The molecule has 0 amide bonds. The van der Waals surface area contributed by atoms with Crippen LogP contribution in [0.4, 0.5) is 5.69 Å². The average molecular weight is 293 g/mol. The van der Waals surface area contributed by atoms with E-state index in [0.29, 0.717) is 5.56 Å².